The maximum Gasteiger partial charge on any atom is 0.170 e. The topological polar surface area (TPSA) is 58.6 Å². The lowest BCUT2D eigenvalue weighted by Gasteiger charge is -2.11. The fourth-order valence-electron chi connectivity index (χ4n) is 2.48. The first-order valence-electron chi connectivity index (χ1n) is 6.54. The summed E-state index contributed by atoms with van der Waals surface area (Å²) >= 11 is 1.84. The van der Waals surface area contributed by atoms with Gasteiger partial charge in [0.05, 0.1) is 0 Å². The number of hydrogen-bond acceptors (Lipinski definition) is 3. The molecule has 0 bridgehead atoms. The number of rotatable bonds is 5. The maximum atomic E-state index is 13.2. The molecule has 0 aromatic heterocycles. The van der Waals surface area contributed by atoms with Crippen LogP contribution in [0.5, 0.6) is 0 Å². The van der Waals surface area contributed by atoms with Crippen molar-refractivity contribution in [2.75, 3.05) is 5.75 Å². The molecule has 19 heavy (non-hydrogen) atoms. The van der Waals surface area contributed by atoms with E-state index >= 15 is 0 Å². The van der Waals surface area contributed by atoms with E-state index < -0.39 is 0 Å². The van der Waals surface area contributed by atoms with Crippen LogP contribution in [0.15, 0.2) is 23.4 Å². The minimum atomic E-state index is -0.369. The first kappa shape index (κ1) is 14.2. The van der Waals surface area contributed by atoms with E-state index in [1.807, 2.05) is 11.8 Å². The fourth-order valence-corrected chi connectivity index (χ4v) is 3.74. The second kappa shape index (κ2) is 6.80. The van der Waals surface area contributed by atoms with Crippen molar-refractivity contribution in [3.63, 3.8) is 0 Å². The third-order valence-corrected chi connectivity index (χ3v) is 4.76. The molecule has 0 unspecified atom stereocenters. The summed E-state index contributed by atoms with van der Waals surface area (Å²) in [7, 11) is 0. The average molecular weight is 282 g/mol. The summed E-state index contributed by atoms with van der Waals surface area (Å²) in [5.74, 6) is 2.31. The minimum absolute atomic E-state index is 0.0315. The zero-order valence-corrected chi connectivity index (χ0v) is 11.6. The molecule has 1 aromatic carbocycles. The Kier molecular flexibility index (Phi) is 5.07. The van der Waals surface area contributed by atoms with E-state index in [4.69, 9.17) is 10.9 Å². The molecule has 0 atom stereocenters. The van der Waals surface area contributed by atoms with E-state index in [1.54, 1.807) is 6.07 Å². The molecule has 0 saturated heterocycles. The van der Waals surface area contributed by atoms with Crippen molar-refractivity contribution in [2.24, 2.45) is 16.8 Å². The van der Waals surface area contributed by atoms with Crippen molar-refractivity contribution < 1.29 is 9.60 Å². The molecule has 104 valence electrons. The van der Waals surface area contributed by atoms with Crippen LogP contribution >= 0.6 is 11.8 Å². The summed E-state index contributed by atoms with van der Waals surface area (Å²) in [5, 5.41) is 11.7. The van der Waals surface area contributed by atoms with Gasteiger partial charge in [-0.05, 0) is 42.2 Å². The Hall–Kier alpha value is -1.23. The van der Waals surface area contributed by atoms with Crippen molar-refractivity contribution in [2.45, 2.75) is 31.4 Å². The Labute approximate surface area is 117 Å². The normalized spacial score (nSPS) is 17.0. The highest BCUT2D eigenvalue weighted by Crippen LogP contribution is 2.29. The van der Waals surface area contributed by atoms with Gasteiger partial charge < -0.3 is 10.9 Å². The van der Waals surface area contributed by atoms with Gasteiger partial charge in [-0.25, -0.2) is 4.39 Å². The molecule has 1 fully saturated rings. The number of halogens is 1. The van der Waals surface area contributed by atoms with Gasteiger partial charge in [-0.15, -0.1) is 0 Å². The van der Waals surface area contributed by atoms with Gasteiger partial charge in [-0.1, -0.05) is 24.1 Å². The van der Waals surface area contributed by atoms with Crippen LogP contribution in [0.3, 0.4) is 0 Å². The second-order valence-electron chi connectivity index (χ2n) is 4.95. The van der Waals surface area contributed by atoms with Gasteiger partial charge in [0.25, 0.3) is 0 Å². The van der Waals surface area contributed by atoms with Crippen LogP contribution in [0, 0.1) is 11.7 Å². The van der Waals surface area contributed by atoms with Gasteiger partial charge >= 0.3 is 0 Å². The summed E-state index contributed by atoms with van der Waals surface area (Å²) in [6.45, 7) is 0. The van der Waals surface area contributed by atoms with E-state index in [1.165, 1.54) is 37.8 Å². The van der Waals surface area contributed by atoms with Crippen molar-refractivity contribution >= 4 is 17.6 Å². The van der Waals surface area contributed by atoms with Crippen LogP contribution in [0.4, 0.5) is 4.39 Å². The molecule has 2 rings (SSSR count). The molecular weight excluding hydrogens is 263 g/mol. The van der Waals surface area contributed by atoms with Crippen LogP contribution in [0.25, 0.3) is 0 Å². The first-order chi connectivity index (χ1) is 9.20. The standard InChI is InChI=1S/C14H19FN2OS/c15-12-6-5-11(13(7-12)14(16)17-18)9-19-8-10-3-1-2-4-10/h5-7,10,18H,1-4,8-9H2,(H2,16,17). The summed E-state index contributed by atoms with van der Waals surface area (Å²) < 4.78 is 13.2. The van der Waals surface area contributed by atoms with Crippen molar-refractivity contribution in [3.8, 4) is 0 Å². The minimum Gasteiger partial charge on any atom is -0.409 e. The third kappa shape index (κ3) is 3.86. The number of nitrogens with zero attached hydrogens (tertiary/aromatic N) is 1. The summed E-state index contributed by atoms with van der Waals surface area (Å²) in [6, 6.07) is 4.45. The third-order valence-electron chi connectivity index (χ3n) is 3.54. The molecule has 0 amide bonds. The lowest BCUT2D eigenvalue weighted by Crippen LogP contribution is -2.15. The molecule has 0 spiro atoms. The van der Waals surface area contributed by atoms with E-state index in [0.717, 1.165) is 23.0 Å². The van der Waals surface area contributed by atoms with Gasteiger partial charge in [-0.3, -0.25) is 0 Å². The van der Waals surface area contributed by atoms with Gasteiger partial charge in [0.2, 0.25) is 0 Å². The van der Waals surface area contributed by atoms with Gasteiger partial charge in [0, 0.05) is 11.3 Å². The zero-order chi connectivity index (χ0) is 13.7. The maximum absolute atomic E-state index is 13.2. The van der Waals surface area contributed by atoms with Gasteiger partial charge in [0.15, 0.2) is 5.84 Å². The molecule has 3 nitrogen and oxygen atoms in total. The highest BCUT2D eigenvalue weighted by molar-refractivity contribution is 7.98. The molecule has 1 aromatic rings. The molecular formula is C14H19FN2OS. The predicted molar refractivity (Wildman–Crippen MR) is 77.0 cm³/mol. The monoisotopic (exact) mass is 282 g/mol. The molecule has 0 heterocycles. The molecule has 1 aliphatic carbocycles. The van der Waals surface area contributed by atoms with E-state index in [-0.39, 0.29) is 11.7 Å². The van der Waals surface area contributed by atoms with Crippen LogP contribution in [-0.4, -0.2) is 16.8 Å². The Morgan fingerprint density at radius 3 is 2.84 bits per heavy atom. The van der Waals surface area contributed by atoms with E-state index in [9.17, 15) is 4.39 Å². The predicted octanol–water partition coefficient (Wildman–Crippen LogP) is 3.34. The van der Waals surface area contributed by atoms with Crippen LogP contribution in [0.2, 0.25) is 0 Å². The van der Waals surface area contributed by atoms with Crippen molar-refractivity contribution in [1.29, 1.82) is 0 Å². The van der Waals surface area contributed by atoms with Crippen LogP contribution in [-0.2, 0) is 5.75 Å². The molecule has 0 aliphatic heterocycles. The van der Waals surface area contributed by atoms with Crippen molar-refractivity contribution in [1.82, 2.24) is 0 Å². The number of amidine groups is 1. The largest absolute Gasteiger partial charge is 0.409 e. The molecule has 1 aliphatic rings. The highest BCUT2D eigenvalue weighted by Gasteiger charge is 2.15. The molecule has 3 N–H and O–H groups in total. The summed E-state index contributed by atoms with van der Waals surface area (Å²) in [4.78, 5) is 0. The second-order valence-corrected chi connectivity index (χ2v) is 5.98. The number of nitrogens with two attached hydrogens (primary N) is 1. The number of benzene rings is 1. The molecule has 1 saturated carbocycles. The van der Waals surface area contributed by atoms with Crippen LogP contribution in [0.1, 0.15) is 36.8 Å². The van der Waals surface area contributed by atoms with E-state index in [0.29, 0.717) is 5.56 Å². The van der Waals surface area contributed by atoms with Gasteiger partial charge in [0.1, 0.15) is 5.82 Å². The quantitative estimate of drug-likeness (QED) is 0.377. The molecule has 0 radical (unpaired) electrons. The Morgan fingerprint density at radius 1 is 1.42 bits per heavy atom. The van der Waals surface area contributed by atoms with Crippen molar-refractivity contribution in [3.05, 3.63) is 35.1 Å². The smallest absolute Gasteiger partial charge is 0.170 e. The highest BCUT2D eigenvalue weighted by atomic mass is 32.2. The summed E-state index contributed by atoms with van der Waals surface area (Å²) in [6.07, 6.45) is 5.33. The number of oxime groups is 1. The summed E-state index contributed by atoms with van der Waals surface area (Å²) in [5.41, 5.74) is 6.99. The first-order valence-corrected chi connectivity index (χ1v) is 7.70. The lowest BCUT2D eigenvalue weighted by atomic mass is 10.1. The lowest BCUT2D eigenvalue weighted by molar-refractivity contribution is 0.318. The SMILES string of the molecule is NC(=NO)c1cc(F)ccc1CSCC1CCCC1. The number of hydrogen-bond donors (Lipinski definition) is 2. The van der Waals surface area contributed by atoms with E-state index in [2.05, 4.69) is 5.16 Å². The fraction of sp³-hybridized carbons (Fsp3) is 0.500. The van der Waals surface area contributed by atoms with Gasteiger partial charge in [-0.2, -0.15) is 11.8 Å². The van der Waals surface area contributed by atoms with Crippen LogP contribution < -0.4 is 5.73 Å². The number of thioether (sulfide) groups is 1. The molecule has 5 heteroatoms. The Morgan fingerprint density at radius 2 is 2.16 bits per heavy atom. The zero-order valence-electron chi connectivity index (χ0n) is 10.8. The average Bonchev–Trinajstić information content (AvgIpc) is 2.92. The Bertz CT molecular complexity index is 459. The Balaban J connectivity index is 1.98.